The van der Waals surface area contributed by atoms with Gasteiger partial charge < -0.3 is 14.4 Å². The van der Waals surface area contributed by atoms with Crippen LogP contribution in [0.25, 0.3) is 11.5 Å². The Morgan fingerprint density at radius 2 is 2.16 bits per heavy atom. The highest BCUT2D eigenvalue weighted by Gasteiger charge is 2.17. The molecule has 0 bridgehead atoms. The minimum absolute atomic E-state index is 0.155. The van der Waals surface area contributed by atoms with Crippen molar-refractivity contribution in [1.29, 1.82) is 0 Å². The van der Waals surface area contributed by atoms with Crippen molar-refractivity contribution in [1.82, 2.24) is 4.98 Å². The molecule has 3 rings (SSSR count). The lowest BCUT2D eigenvalue weighted by molar-refractivity contribution is 0.0696. The molecule has 0 unspecified atom stereocenters. The zero-order chi connectivity index (χ0) is 13.2. The number of carboxylic acids is 1. The smallest absolute Gasteiger partial charge is 0.338 e. The van der Waals surface area contributed by atoms with Crippen LogP contribution >= 0.6 is 11.3 Å². The van der Waals surface area contributed by atoms with Crippen LogP contribution in [0.5, 0.6) is 0 Å². The van der Waals surface area contributed by atoms with E-state index in [1.54, 1.807) is 11.3 Å². The van der Waals surface area contributed by atoms with Gasteiger partial charge >= 0.3 is 5.97 Å². The number of hydrogen-bond acceptors (Lipinski definition) is 5. The van der Waals surface area contributed by atoms with E-state index in [0.717, 1.165) is 18.2 Å². The van der Waals surface area contributed by atoms with Crippen LogP contribution in [0.15, 0.2) is 22.1 Å². The van der Waals surface area contributed by atoms with Gasteiger partial charge in [-0.1, -0.05) is 0 Å². The molecule has 0 atom stereocenters. The minimum atomic E-state index is -0.985. The molecule has 1 aliphatic rings. The standard InChI is InChI=1S/C13H14N2O3S/c16-12(17)9-6-11(18-7-9)10-8-19-13(14-10)15-4-2-1-3-5-15/h6-8H,1-5H2,(H,16,17). The highest BCUT2D eigenvalue weighted by Crippen LogP contribution is 2.30. The molecule has 100 valence electrons. The number of carboxylic acid groups (broad SMARTS) is 1. The summed E-state index contributed by atoms with van der Waals surface area (Å²) in [5.74, 6) is -0.474. The molecule has 0 aliphatic carbocycles. The van der Waals surface area contributed by atoms with Gasteiger partial charge in [0.25, 0.3) is 0 Å². The van der Waals surface area contributed by atoms with Gasteiger partial charge in [0.05, 0.1) is 5.56 Å². The zero-order valence-electron chi connectivity index (χ0n) is 10.3. The first-order valence-electron chi connectivity index (χ1n) is 6.27. The number of furan rings is 1. The van der Waals surface area contributed by atoms with Gasteiger partial charge in [-0.05, 0) is 19.3 Å². The first kappa shape index (κ1) is 12.2. The van der Waals surface area contributed by atoms with Crippen LogP contribution in [0.3, 0.4) is 0 Å². The normalized spacial score (nSPS) is 15.7. The lowest BCUT2D eigenvalue weighted by Crippen LogP contribution is -2.29. The van der Waals surface area contributed by atoms with Gasteiger partial charge in [0.1, 0.15) is 12.0 Å². The Labute approximate surface area is 114 Å². The third kappa shape index (κ3) is 2.49. The van der Waals surface area contributed by atoms with E-state index in [0.29, 0.717) is 11.5 Å². The second-order valence-corrected chi connectivity index (χ2v) is 5.40. The fourth-order valence-electron chi connectivity index (χ4n) is 2.19. The molecule has 6 heteroatoms. The molecule has 0 amide bonds. The number of hydrogen-bond donors (Lipinski definition) is 1. The zero-order valence-corrected chi connectivity index (χ0v) is 11.2. The van der Waals surface area contributed by atoms with Crippen molar-refractivity contribution in [2.24, 2.45) is 0 Å². The van der Waals surface area contributed by atoms with Gasteiger partial charge in [-0.3, -0.25) is 0 Å². The van der Waals surface area contributed by atoms with Crippen LogP contribution in [-0.4, -0.2) is 29.1 Å². The van der Waals surface area contributed by atoms with Crippen LogP contribution in [-0.2, 0) is 0 Å². The molecule has 0 radical (unpaired) electrons. The minimum Gasteiger partial charge on any atom is -0.478 e. The van der Waals surface area contributed by atoms with Crippen LogP contribution in [0.4, 0.5) is 5.13 Å². The molecule has 0 spiro atoms. The average Bonchev–Trinajstić information content (AvgIpc) is 3.09. The van der Waals surface area contributed by atoms with Crippen molar-refractivity contribution < 1.29 is 14.3 Å². The summed E-state index contributed by atoms with van der Waals surface area (Å²) >= 11 is 1.58. The maximum Gasteiger partial charge on any atom is 0.338 e. The number of nitrogens with zero attached hydrogens (tertiary/aromatic N) is 2. The quantitative estimate of drug-likeness (QED) is 0.934. The van der Waals surface area contributed by atoms with Gasteiger partial charge in [0.15, 0.2) is 10.9 Å². The molecule has 19 heavy (non-hydrogen) atoms. The topological polar surface area (TPSA) is 66.6 Å². The van der Waals surface area contributed by atoms with Gasteiger partial charge in [-0.15, -0.1) is 11.3 Å². The number of aromatic carboxylic acids is 1. The SMILES string of the molecule is O=C(O)c1coc(-c2csc(N3CCCCC3)n2)c1. The number of anilines is 1. The lowest BCUT2D eigenvalue weighted by atomic mass is 10.1. The van der Waals surface area contributed by atoms with E-state index in [2.05, 4.69) is 9.88 Å². The summed E-state index contributed by atoms with van der Waals surface area (Å²) in [6.45, 7) is 2.09. The summed E-state index contributed by atoms with van der Waals surface area (Å²) in [6, 6.07) is 1.51. The van der Waals surface area contributed by atoms with E-state index in [9.17, 15) is 4.79 Å². The Bertz CT molecular complexity index is 584. The number of carbonyl (C=O) groups is 1. The van der Waals surface area contributed by atoms with Gasteiger partial charge in [-0.25, -0.2) is 9.78 Å². The molecule has 1 fully saturated rings. The summed E-state index contributed by atoms with van der Waals surface area (Å²) in [5, 5.41) is 11.8. The van der Waals surface area contributed by atoms with Crippen LogP contribution in [0.2, 0.25) is 0 Å². The van der Waals surface area contributed by atoms with Gasteiger partial charge in [0.2, 0.25) is 0 Å². The van der Waals surface area contributed by atoms with Crippen molar-refractivity contribution >= 4 is 22.4 Å². The average molecular weight is 278 g/mol. The number of aromatic nitrogens is 1. The lowest BCUT2D eigenvalue weighted by Gasteiger charge is -2.25. The molecule has 0 saturated carbocycles. The molecular formula is C13H14N2O3S. The maximum absolute atomic E-state index is 10.8. The first-order valence-corrected chi connectivity index (χ1v) is 7.15. The van der Waals surface area contributed by atoms with Crippen molar-refractivity contribution in [3.05, 3.63) is 23.3 Å². The summed E-state index contributed by atoms with van der Waals surface area (Å²) in [4.78, 5) is 17.6. The fraction of sp³-hybridized carbons (Fsp3) is 0.385. The fourth-order valence-corrected chi connectivity index (χ4v) is 3.06. The second-order valence-electron chi connectivity index (χ2n) is 4.57. The number of thiazole rings is 1. The molecular weight excluding hydrogens is 264 g/mol. The predicted molar refractivity (Wildman–Crippen MR) is 72.8 cm³/mol. The summed E-state index contributed by atoms with van der Waals surface area (Å²) < 4.78 is 5.26. The van der Waals surface area contributed by atoms with Gasteiger partial charge in [-0.2, -0.15) is 0 Å². The molecule has 5 nitrogen and oxygen atoms in total. The monoisotopic (exact) mass is 278 g/mol. The second kappa shape index (κ2) is 5.05. The third-order valence-electron chi connectivity index (χ3n) is 3.22. The van der Waals surface area contributed by atoms with E-state index < -0.39 is 5.97 Å². The summed E-state index contributed by atoms with van der Waals surface area (Å²) in [5.41, 5.74) is 0.862. The van der Waals surface area contributed by atoms with E-state index in [1.165, 1.54) is 31.6 Å². The maximum atomic E-state index is 10.8. The van der Waals surface area contributed by atoms with Crippen LogP contribution < -0.4 is 4.90 Å². The number of rotatable bonds is 3. The molecule has 1 aliphatic heterocycles. The molecule has 1 saturated heterocycles. The van der Waals surface area contributed by atoms with Crippen molar-refractivity contribution in [3.8, 4) is 11.5 Å². The van der Waals surface area contributed by atoms with E-state index in [-0.39, 0.29) is 5.56 Å². The van der Waals surface area contributed by atoms with Crippen molar-refractivity contribution in [2.45, 2.75) is 19.3 Å². The highest BCUT2D eigenvalue weighted by atomic mass is 32.1. The van der Waals surface area contributed by atoms with E-state index >= 15 is 0 Å². The largest absolute Gasteiger partial charge is 0.478 e. The Kier molecular flexibility index (Phi) is 3.25. The third-order valence-corrected chi connectivity index (χ3v) is 4.12. The van der Waals surface area contributed by atoms with Crippen LogP contribution in [0.1, 0.15) is 29.6 Å². The van der Waals surface area contributed by atoms with Gasteiger partial charge in [0, 0.05) is 24.5 Å². The molecule has 0 aromatic carbocycles. The Hall–Kier alpha value is -1.82. The predicted octanol–water partition coefficient (Wildman–Crippen LogP) is 3.09. The highest BCUT2D eigenvalue weighted by molar-refractivity contribution is 7.14. The van der Waals surface area contributed by atoms with E-state index in [4.69, 9.17) is 9.52 Å². The first-order chi connectivity index (χ1) is 9.24. The van der Waals surface area contributed by atoms with E-state index in [1.807, 2.05) is 5.38 Å². The van der Waals surface area contributed by atoms with Crippen LogP contribution in [0, 0.1) is 0 Å². The molecule has 2 aromatic rings. The summed E-state index contributed by atoms with van der Waals surface area (Å²) in [6.07, 6.45) is 4.95. The molecule has 1 N–H and O–H groups in total. The van der Waals surface area contributed by atoms with Crippen molar-refractivity contribution in [2.75, 3.05) is 18.0 Å². The van der Waals surface area contributed by atoms with Crippen molar-refractivity contribution in [3.63, 3.8) is 0 Å². The molecule has 3 heterocycles. The Balaban J connectivity index is 1.81. The summed E-state index contributed by atoms with van der Waals surface area (Å²) in [7, 11) is 0. The number of piperidine rings is 1. The molecule has 2 aromatic heterocycles. The Morgan fingerprint density at radius 1 is 1.37 bits per heavy atom. The Morgan fingerprint density at radius 3 is 2.84 bits per heavy atom.